The molecule has 160 valence electrons. The topological polar surface area (TPSA) is 35.5 Å². The number of rotatable bonds is 10. The van der Waals surface area contributed by atoms with Gasteiger partial charge < -0.3 is 9.16 Å². The second-order valence-corrected chi connectivity index (χ2v) is 12.7. The highest BCUT2D eigenvalue weighted by molar-refractivity contribution is 6.99. The minimum Gasteiger partial charge on any atom is -0.458 e. The summed E-state index contributed by atoms with van der Waals surface area (Å²) in [4.78, 5) is 11.1. The fraction of sp³-hybridized carbons (Fsp3) is 0.346. The first kappa shape index (κ1) is 23.8. The number of esters is 1. The molecule has 0 saturated carbocycles. The van der Waals surface area contributed by atoms with Crippen LogP contribution in [0.4, 0.5) is 0 Å². The van der Waals surface area contributed by atoms with Crippen molar-refractivity contribution in [3.8, 4) is 0 Å². The van der Waals surface area contributed by atoms with Gasteiger partial charge in [-0.15, -0.1) is 0 Å². The lowest BCUT2D eigenvalue weighted by Gasteiger charge is -2.42. The molecule has 4 heteroatoms. The number of benzene rings is 2. The molecule has 0 fully saturated rings. The fourth-order valence-corrected chi connectivity index (χ4v) is 8.32. The molecule has 0 bridgehead atoms. The van der Waals surface area contributed by atoms with Gasteiger partial charge in [0.25, 0.3) is 8.32 Å². The Bertz CT molecular complexity index is 783. The Hall–Kier alpha value is -2.43. The van der Waals surface area contributed by atoms with Gasteiger partial charge in [0.15, 0.2) is 0 Å². The van der Waals surface area contributed by atoms with Crippen molar-refractivity contribution in [2.75, 3.05) is 6.61 Å². The van der Waals surface area contributed by atoms with Gasteiger partial charge in [-0.2, -0.15) is 0 Å². The van der Waals surface area contributed by atoms with E-state index >= 15 is 0 Å². The van der Waals surface area contributed by atoms with Crippen LogP contribution in [0.15, 0.2) is 85.5 Å². The maximum Gasteiger partial charge on any atom is 0.303 e. The highest BCUT2D eigenvalue weighted by atomic mass is 28.4. The zero-order valence-corrected chi connectivity index (χ0v) is 19.6. The molecular formula is C26H34O3Si. The van der Waals surface area contributed by atoms with Crippen LogP contribution in [0.2, 0.25) is 5.04 Å². The van der Waals surface area contributed by atoms with Gasteiger partial charge in [0.05, 0.1) is 6.61 Å². The Kier molecular flexibility index (Phi) is 8.82. The third-order valence-corrected chi connectivity index (χ3v) is 10.2. The third kappa shape index (κ3) is 6.03. The zero-order chi connectivity index (χ0) is 22.0. The summed E-state index contributed by atoms with van der Waals surface area (Å²) in [6, 6.07) is 21.3. The molecule has 0 aliphatic heterocycles. The molecule has 2 rings (SSSR count). The second kappa shape index (κ2) is 11.1. The van der Waals surface area contributed by atoms with E-state index in [0.717, 1.165) is 12.8 Å². The summed E-state index contributed by atoms with van der Waals surface area (Å²) in [6.45, 7) is 12.5. The predicted molar refractivity (Wildman–Crippen MR) is 128 cm³/mol. The van der Waals surface area contributed by atoms with Crippen LogP contribution in [0.25, 0.3) is 0 Å². The van der Waals surface area contributed by atoms with Gasteiger partial charge in [-0.25, -0.2) is 0 Å². The highest BCUT2D eigenvalue weighted by Crippen LogP contribution is 2.36. The van der Waals surface area contributed by atoms with Crippen LogP contribution in [0, 0.1) is 0 Å². The molecule has 0 spiro atoms. The summed E-state index contributed by atoms with van der Waals surface area (Å²) in [5.41, 5.74) is 0. The van der Waals surface area contributed by atoms with Crippen molar-refractivity contribution in [3.05, 3.63) is 85.5 Å². The fourth-order valence-electron chi connectivity index (χ4n) is 3.82. The molecule has 0 aliphatic rings. The summed E-state index contributed by atoms with van der Waals surface area (Å²) in [5, 5.41) is 2.52. The maximum absolute atomic E-state index is 11.1. The standard InChI is InChI=1S/C26H34O3Si/c1-6-23(29-22(2)27)16-10-9-15-21-28-30(26(3,4)5,24-17-11-7-12-18-24)25-19-13-8-14-20-25/h6-9,11-15,17-20,23H,1,10,16,21H2,2-5H3/b15-9+. The van der Waals surface area contributed by atoms with E-state index < -0.39 is 8.32 Å². The minimum atomic E-state index is -2.50. The molecule has 2 aromatic rings. The van der Waals surface area contributed by atoms with E-state index in [1.165, 1.54) is 17.3 Å². The van der Waals surface area contributed by atoms with Crippen molar-refractivity contribution < 1.29 is 14.0 Å². The van der Waals surface area contributed by atoms with Gasteiger partial charge in [-0.3, -0.25) is 4.79 Å². The quantitative estimate of drug-likeness (QED) is 0.306. The first-order valence-electron chi connectivity index (χ1n) is 10.5. The SMILES string of the molecule is C=CC(CC/C=C/CO[Si](c1ccccc1)(c1ccccc1)C(C)(C)C)OC(C)=O. The van der Waals surface area contributed by atoms with E-state index in [1.54, 1.807) is 6.08 Å². The maximum atomic E-state index is 11.1. The van der Waals surface area contributed by atoms with Crippen molar-refractivity contribution in [1.29, 1.82) is 0 Å². The largest absolute Gasteiger partial charge is 0.458 e. The van der Waals surface area contributed by atoms with Gasteiger partial charge in [0, 0.05) is 6.92 Å². The van der Waals surface area contributed by atoms with Crippen molar-refractivity contribution >= 4 is 24.7 Å². The van der Waals surface area contributed by atoms with Gasteiger partial charge in [-0.05, 0) is 28.3 Å². The van der Waals surface area contributed by atoms with Crippen LogP contribution in [0.3, 0.4) is 0 Å². The van der Waals surface area contributed by atoms with Crippen molar-refractivity contribution in [3.63, 3.8) is 0 Å². The van der Waals surface area contributed by atoms with E-state index in [2.05, 4.69) is 100 Å². The molecule has 3 nitrogen and oxygen atoms in total. The normalized spacial score (nSPS) is 13.2. The molecular weight excluding hydrogens is 388 g/mol. The monoisotopic (exact) mass is 422 g/mol. The molecule has 2 aromatic carbocycles. The third-order valence-electron chi connectivity index (χ3n) is 5.18. The molecule has 0 N–H and O–H groups in total. The van der Waals surface area contributed by atoms with Gasteiger partial charge in [0.1, 0.15) is 6.10 Å². The summed E-state index contributed by atoms with van der Waals surface area (Å²) in [6.07, 6.45) is 7.12. The molecule has 1 unspecified atom stereocenters. The van der Waals surface area contributed by atoms with E-state index in [1.807, 2.05) is 0 Å². The minimum absolute atomic E-state index is 0.0349. The van der Waals surface area contributed by atoms with E-state index in [0.29, 0.717) is 6.61 Å². The van der Waals surface area contributed by atoms with Crippen molar-refractivity contribution in [2.45, 2.75) is 51.7 Å². The Morgan fingerprint density at radius 3 is 1.97 bits per heavy atom. The lowest BCUT2D eigenvalue weighted by atomic mass is 10.2. The first-order valence-corrected chi connectivity index (χ1v) is 12.4. The lowest BCUT2D eigenvalue weighted by Crippen LogP contribution is -2.66. The van der Waals surface area contributed by atoms with Gasteiger partial charge in [-0.1, -0.05) is 106 Å². The summed E-state index contributed by atoms with van der Waals surface area (Å²) in [5.74, 6) is -0.279. The Labute approximate surface area is 182 Å². The van der Waals surface area contributed by atoms with Crippen LogP contribution >= 0.6 is 0 Å². The number of hydrogen-bond donors (Lipinski definition) is 0. The second-order valence-electron chi connectivity index (χ2n) is 8.41. The average molecular weight is 423 g/mol. The van der Waals surface area contributed by atoms with Crippen molar-refractivity contribution in [2.24, 2.45) is 0 Å². The van der Waals surface area contributed by atoms with Crippen LogP contribution in [0.5, 0.6) is 0 Å². The number of allylic oxidation sites excluding steroid dienone is 1. The van der Waals surface area contributed by atoms with Crippen LogP contribution < -0.4 is 10.4 Å². The average Bonchev–Trinajstić information content (AvgIpc) is 2.72. The molecule has 0 saturated heterocycles. The first-order chi connectivity index (χ1) is 14.3. The summed E-state index contributed by atoms with van der Waals surface area (Å²) < 4.78 is 12.0. The predicted octanol–water partition coefficient (Wildman–Crippen LogP) is 5.02. The number of hydrogen-bond acceptors (Lipinski definition) is 3. The zero-order valence-electron chi connectivity index (χ0n) is 18.6. The summed E-state index contributed by atoms with van der Waals surface area (Å²) in [7, 11) is -2.50. The Morgan fingerprint density at radius 2 is 1.53 bits per heavy atom. The van der Waals surface area contributed by atoms with Crippen LogP contribution in [-0.2, 0) is 14.0 Å². The van der Waals surface area contributed by atoms with Crippen LogP contribution in [-0.4, -0.2) is 27.0 Å². The molecule has 0 heterocycles. The molecule has 1 atom stereocenters. The Balaban J connectivity index is 2.19. The molecule has 0 aromatic heterocycles. The van der Waals surface area contributed by atoms with E-state index in [9.17, 15) is 4.79 Å². The molecule has 30 heavy (non-hydrogen) atoms. The highest BCUT2D eigenvalue weighted by Gasteiger charge is 2.49. The molecule has 0 radical (unpaired) electrons. The lowest BCUT2D eigenvalue weighted by molar-refractivity contribution is -0.144. The van der Waals surface area contributed by atoms with Gasteiger partial charge >= 0.3 is 5.97 Å². The number of ether oxygens (including phenoxy) is 1. The summed E-state index contributed by atoms with van der Waals surface area (Å²) >= 11 is 0. The van der Waals surface area contributed by atoms with Gasteiger partial charge in [0.2, 0.25) is 0 Å². The Morgan fingerprint density at radius 1 is 1.00 bits per heavy atom. The number of carbonyl (C=O) groups excluding carboxylic acids is 1. The number of carbonyl (C=O) groups is 1. The smallest absolute Gasteiger partial charge is 0.303 e. The molecule has 0 amide bonds. The van der Waals surface area contributed by atoms with E-state index in [4.69, 9.17) is 9.16 Å². The van der Waals surface area contributed by atoms with Crippen molar-refractivity contribution in [1.82, 2.24) is 0 Å². The molecule has 0 aliphatic carbocycles. The van der Waals surface area contributed by atoms with Crippen LogP contribution in [0.1, 0.15) is 40.5 Å². The van der Waals surface area contributed by atoms with E-state index in [-0.39, 0.29) is 17.1 Å².